The van der Waals surface area contributed by atoms with Gasteiger partial charge in [0.15, 0.2) is 0 Å². The highest BCUT2D eigenvalue weighted by Gasteiger charge is 2.36. The number of anilines is 1. The molecule has 2 aliphatic rings. The van der Waals surface area contributed by atoms with E-state index in [-0.39, 0.29) is 17.7 Å². The van der Waals surface area contributed by atoms with E-state index in [1.807, 2.05) is 0 Å². The van der Waals surface area contributed by atoms with Crippen molar-refractivity contribution in [1.82, 2.24) is 10.2 Å². The molecular weight excluding hydrogens is 270 g/mol. The van der Waals surface area contributed by atoms with Gasteiger partial charge in [0.05, 0.1) is 0 Å². The molecule has 1 aromatic carbocycles. The lowest BCUT2D eigenvalue weighted by Gasteiger charge is -2.24. The average molecular weight is 287 g/mol. The first kappa shape index (κ1) is 13.6. The zero-order valence-electron chi connectivity index (χ0n) is 11.8. The fourth-order valence-electron chi connectivity index (χ4n) is 2.48. The first-order valence-electron chi connectivity index (χ1n) is 7.05. The van der Waals surface area contributed by atoms with Gasteiger partial charge in [0.1, 0.15) is 6.04 Å². The van der Waals surface area contributed by atoms with Gasteiger partial charge in [0.2, 0.25) is 5.91 Å². The molecule has 21 heavy (non-hydrogen) atoms. The number of carbonyl (C=O) groups excluding carboxylic acids is 3. The van der Waals surface area contributed by atoms with Crippen LogP contribution in [-0.2, 0) is 9.59 Å². The highest BCUT2D eigenvalue weighted by atomic mass is 16.2. The van der Waals surface area contributed by atoms with Crippen LogP contribution in [0.1, 0.15) is 30.9 Å². The number of benzene rings is 1. The number of likely N-dealkylation sites (N-methyl/N-ethyl adjacent to an activating group) is 1. The molecule has 2 N–H and O–H groups in total. The highest BCUT2D eigenvalue weighted by Crippen LogP contribution is 2.28. The van der Waals surface area contributed by atoms with Crippen LogP contribution in [0.15, 0.2) is 24.3 Å². The largest absolute Gasteiger partial charge is 0.326 e. The maximum atomic E-state index is 11.9. The van der Waals surface area contributed by atoms with E-state index in [2.05, 4.69) is 10.6 Å². The summed E-state index contributed by atoms with van der Waals surface area (Å²) in [5.41, 5.74) is 1.42. The molecule has 0 aromatic heterocycles. The zero-order valence-corrected chi connectivity index (χ0v) is 11.8. The molecule has 0 radical (unpaired) electrons. The third-order valence-corrected chi connectivity index (χ3v) is 4.14. The Morgan fingerprint density at radius 2 is 1.90 bits per heavy atom. The van der Waals surface area contributed by atoms with Crippen LogP contribution in [0.3, 0.4) is 0 Å². The topological polar surface area (TPSA) is 78.5 Å². The summed E-state index contributed by atoms with van der Waals surface area (Å²) in [7, 11) is 1.45. The number of amides is 4. The molecule has 110 valence electrons. The Morgan fingerprint density at radius 3 is 2.38 bits per heavy atom. The fraction of sp³-hybridized carbons (Fsp3) is 0.400. The molecule has 6 nitrogen and oxygen atoms in total. The average Bonchev–Trinajstić information content (AvgIpc) is 2.65. The number of hydrogen-bond acceptors (Lipinski definition) is 3. The second kappa shape index (κ2) is 5.20. The summed E-state index contributed by atoms with van der Waals surface area (Å²) < 4.78 is 0. The van der Waals surface area contributed by atoms with Crippen molar-refractivity contribution in [2.75, 3.05) is 12.4 Å². The van der Waals surface area contributed by atoms with Crippen LogP contribution in [0.5, 0.6) is 0 Å². The predicted molar refractivity (Wildman–Crippen MR) is 76.5 cm³/mol. The van der Waals surface area contributed by atoms with Gasteiger partial charge >= 0.3 is 6.03 Å². The molecule has 1 saturated carbocycles. The van der Waals surface area contributed by atoms with E-state index in [4.69, 9.17) is 0 Å². The monoisotopic (exact) mass is 287 g/mol. The van der Waals surface area contributed by atoms with Crippen molar-refractivity contribution in [2.45, 2.75) is 25.3 Å². The zero-order chi connectivity index (χ0) is 15.0. The van der Waals surface area contributed by atoms with E-state index in [1.54, 1.807) is 24.3 Å². The lowest BCUT2D eigenvalue weighted by Crippen LogP contribution is -2.28. The second-order valence-electron chi connectivity index (χ2n) is 5.52. The number of hydrogen-bond donors (Lipinski definition) is 2. The molecule has 0 bridgehead atoms. The normalized spacial score (nSPS) is 22.0. The number of imide groups is 1. The van der Waals surface area contributed by atoms with Crippen LogP contribution in [0.2, 0.25) is 0 Å². The highest BCUT2D eigenvalue weighted by molar-refractivity contribution is 6.04. The molecule has 1 heterocycles. The van der Waals surface area contributed by atoms with Gasteiger partial charge in [-0.05, 0) is 30.5 Å². The van der Waals surface area contributed by atoms with Crippen LogP contribution in [0, 0.1) is 5.92 Å². The summed E-state index contributed by atoms with van der Waals surface area (Å²) >= 11 is 0. The third kappa shape index (κ3) is 2.49. The van der Waals surface area contributed by atoms with Gasteiger partial charge in [-0.3, -0.25) is 14.5 Å². The number of rotatable bonds is 3. The van der Waals surface area contributed by atoms with Crippen molar-refractivity contribution >= 4 is 23.5 Å². The Hall–Kier alpha value is -2.37. The molecule has 1 saturated heterocycles. The summed E-state index contributed by atoms with van der Waals surface area (Å²) in [5.74, 6) is -0.0840. The van der Waals surface area contributed by atoms with Gasteiger partial charge in [0.25, 0.3) is 5.91 Å². The molecule has 2 fully saturated rings. The Morgan fingerprint density at radius 1 is 1.24 bits per heavy atom. The minimum absolute atomic E-state index is 0.0546. The van der Waals surface area contributed by atoms with Crippen LogP contribution >= 0.6 is 0 Å². The minimum atomic E-state index is -0.640. The van der Waals surface area contributed by atoms with Crippen LogP contribution in [0.25, 0.3) is 0 Å². The van der Waals surface area contributed by atoms with Gasteiger partial charge in [-0.1, -0.05) is 18.6 Å². The standard InChI is InChI=1S/C15H17N3O3/c1-18-14(20)12(17-15(18)21)9-5-7-11(8-6-9)16-13(19)10-3-2-4-10/h5-8,10,12H,2-4H2,1H3,(H,16,19)(H,17,21). The van der Waals surface area contributed by atoms with Crippen molar-refractivity contribution in [3.05, 3.63) is 29.8 Å². The van der Waals surface area contributed by atoms with Crippen LogP contribution < -0.4 is 10.6 Å². The van der Waals surface area contributed by atoms with E-state index in [0.29, 0.717) is 11.3 Å². The van der Waals surface area contributed by atoms with Gasteiger partial charge in [-0.2, -0.15) is 0 Å². The number of nitrogens with zero attached hydrogens (tertiary/aromatic N) is 1. The van der Waals surface area contributed by atoms with Crippen molar-refractivity contribution in [3.8, 4) is 0 Å². The lowest BCUT2D eigenvalue weighted by molar-refractivity contribution is -0.126. The molecule has 6 heteroatoms. The van der Waals surface area contributed by atoms with Gasteiger partial charge in [-0.15, -0.1) is 0 Å². The van der Waals surface area contributed by atoms with E-state index in [9.17, 15) is 14.4 Å². The van der Waals surface area contributed by atoms with Crippen molar-refractivity contribution in [1.29, 1.82) is 0 Å². The van der Waals surface area contributed by atoms with Crippen molar-refractivity contribution in [2.24, 2.45) is 5.92 Å². The molecule has 1 aromatic rings. The summed E-state index contributed by atoms with van der Waals surface area (Å²) in [6.45, 7) is 0. The van der Waals surface area contributed by atoms with Gasteiger partial charge in [-0.25, -0.2) is 4.79 Å². The SMILES string of the molecule is CN1C(=O)NC(c2ccc(NC(=O)C3CCC3)cc2)C1=O. The molecule has 3 rings (SSSR count). The molecule has 4 amide bonds. The second-order valence-corrected chi connectivity index (χ2v) is 5.52. The third-order valence-electron chi connectivity index (χ3n) is 4.14. The quantitative estimate of drug-likeness (QED) is 0.830. The lowest BCUT2D eigenvalue weighted by atomic mass is 9.85. The van der Waals surface area contributed by atoms with E-state index in [1.165, 1.54) is 7.05 Å². The number of carbonyl (C=O) groups is 3. The van der Waals surface area contributed by atoms with Crippen molar-refractivity contribution in [3.63, 3.8) is 0 Å². The molecule has 1 unspecified atom stereocenters. The van der Waals surface area contributed by atoms with E-state index < -0.39 is 12.1 Å². The van der Waals surface area contributed by atoms with Crippen LogP contribution in [0.4, 0.5) is 10.5 Å². The Kier molecular flexibility index (Phi) is 3.37. The summed E-state index contributed by atoms with van der Waals surface area (Å²) in [6, 6.07) is 5.97. The molecule has 1 aliphatic heterocycles. The number of nitrogens with one attached hydrogen (secondary N) is 2. The molecule has 1 aliphatic carbocycles. The van der Waals surface area contributed by atoms with E-state index >= 15 is 0 Å². The van der Waals surface area contributed by atoms with Gasteiger partial charge < -0.3 is 10.6 Å². The Balaban J connectivity index is 1.68. The number of urea groups is 1. The minimum Gasteiger partial charge on any atom is -0.326 e. The molecule has 1 atom stereocenters. The predicted octanol–water partition coefficient (Wildman–Crippen LogP) is 1.65. The van der Waals surface area contributed by atoms with Crippen LogP contribution in [-0.4, -0.2) is 29.8 Å². The maximum Gasteiger partial charge on any atom is 0.324 e. The van der Waals surface area contributed by atoms with E-state index in [0.717, 1.165) is 24.2 Å². The smallest absolute Gasteiger partial charge is 0.324 e. The fourth-order valence-corrected chi connectivity index (χ4v) is 2.48. The summed E-state index contributed by atoms with van der Waals surface area (Å²) in [4.78, 5) is 36.2. The summed E-state index contributed by atoms with van der Waals surface area (Å²) in [6.07, 6.45) is 3.03. The first-order chi connectivity index (χ1) is 10.1. The first-order valence-corrected chi connectivity index (χ1v) is 7.05. The van der Waals surface area contributed by atoms with Gasteiger partial charge in [0, 0.05) is 18.7 Å². The molecular formula is C15H17N3O3. The Bertz CT molecular complexity index is 593. The maximum absolute atomic E-state index is 11.9. The molecule has 0 spiro atoms. The summed E-state index contributed by atoms with van der Waals surface area (Å²) in [5, 5.41) is 5.49. The van der Waals surface area contributed by atoms with Crippen molar-refractivity contribution < 1.29 is 14.4 Å². The Labute approximate surface area is 122 Å².